The molecule has 6 rings (SSSR count). The number of hydrogen-bond acceptors (Lipinski definition) is 3. The summed E-state index contributed by atoms with van der Waals surface area (Å²) in [6.45, 7) is 7.11. The molecule has 0 bridgehead atoms. The molecule has 11 heteroatoms. The van der Waals surface area contributed by atoms with Crippen LogP contribution in [0.25, 0.3) is 27.8 Å². The molecule has 5 aromatic rings. The fraction of sp³-hybridized carbons (Fsp3) is 0.324. The van der Waals surface area contributed by atoms with Crippen molar-refractivity contribution in [2.45, 2.75) is 52.6 Å². The van der Waals surface area contributed by atoms with E-state index < -0.39 is 23.5 Å². The number of halogens is 6. The zero-order valence-electron chi connectivity index (χ0n) is 25.0. The number of fused-ring (bicyclic) bond motifs is 2. The third-order valence-electron chi connectivity index (χ3n) is 8.06. The van der Waals surface area contributed by atoms with E-state index in [0.29, 0.717) is 37.3 Å². The molecule has 236 valence electrons. The van der Waals surface area contributed by atoms with E-state index in [2.05, 4.69) is 18.8 Å². The van der Waals surface area contributed by atoms with E-state index in [1.54, 1.807) is 0 Å². The Labute approximate surface area is 256 Å². The van der Waals surface area contributed by atoms with Gasteiger partial charge in [-0.15, -0.1) is 0 Å². The first-order chi connectivity index (χ1) is 21.3. The molecule has 1 aliphatic heterocycles. The number of aromatic nitrogens is 3. The van der Waals surface area contributed by atoms with Crippen LogP contribution >= 0.6 is 0 Å². The summed E-state index contributed by atoms with van der Waals surface area (Å²) in [5.74, 6) is 0.962. The number of hydrogen-bond donors (Lipinski definition) is 1. The lowest BCUT2D eigenvalue weighted by molar-refractivity contribution is -0.143. The molecule has 0 saturated carbocycles. The van der Waals surface area contributed by atoms with Crippen LogP contribution in [-0.4, -0.2) is 32.8 Å². The molecule has 0 unspecified atom stereocenters. The summed E-state index contributed by atoms with van der Waals surface area (Å²) >= 11 is 0. The number of nitrogens with one attached hydrogen (secondary N) is 1. The Kier molecular flexibility index (Phi) is 7.93. The Morgan fingerprint density at radius 2 is 1.76 bits per heavy atom. The molecule has 5 nitrogen and oxygen atoms in total. The molecule has 0 fully saturated rings. The van der Waals surface area contributed by atoms with Gasteiger partial charge in [-0.2, -0.15) is 31.4 Å². The average Bonchev–Trinajstić information content (AvgIpc) is 3.59. The second-order valence-corrected chi connectivity index (χ2v) is 11.9. The van der Waals surface area contributed by atoms with Crippen LogP contribution in [0.4, 0.5) is 26.3 Å². The van der Waals surface area contributed by atoms with Crippen LogP contribution in [0, 0.1) is 12.8 Å². The first-order valence-electron chi connectivity index (χ1n) is 14.7. The van der Waals surface area contributed by atoms with Crippen molar-refractivity contribution in [3.05, 3.63) is 100 Å². The van der Waals surface area contributed by atoms with E-state index in [1.807, 2.05) is 65.2 Å². The topological polar surface area (TPSA) is 46.1 Å². The summed E-state index contributed by atoms with van der Waals surface area (Å²) in [6, 6.07) is 15.6. The van der Waals surface area contributed by atoms with Gasteiger partial charge in [-0.05, 0) is 60.4 Å². The Bertz CT molecular complexity index is 1850. The second-order valence-electron chi connectivity index (χ2n) is 11.9. The first-order valence-corrected chi connectivity index (χ1v) is 14.7. The SMILES string of the molecule is Cc1cccc(OCC(C)C)c1-n1nc2c(c1-c1ccc3[nH]ccc3c1)CN(Cc1ccc(C(F)(F)F)cc1C(F)(F)F)CC2. The standard InChI is InChI=1S/C34H32F6N4O/c1-20(2)19-45-30-6-4-5-21(3)31(30)44-32(23-8-10-28-22(15-23)11-13-41-28)26-18-43(14-12-29(26)42-44)17-24-7-9-25(33(35,36)37)16-27(24)34(38,39)40/h4-11,13,15-16,20,41H,12,14,17-19H2,1-3H3. The van der Waals surface area contributed by atoms with Crippen molar-refractivity contribution in [1.29, 1.82) is 0 Å². The molecular formula is C34H32F6N4O. The number of benzene rings is 3. The maximum absolute atomic E-state index is 14.0. The number of ether oxygens (including phenoxy) is 1. The normalized spacial score (nSPS) is 14.4. The van der Waals surface area contributed by atoms with Gasteiger partial charge in [-0.3, -0.25) is 4.90 Å². The van der Waals surface area contributed by atoms with Crippen molar-refractivity contribution in [3.8, 4) is 22.7 Å². The lowest BCUT2D eigenvalue weighted by atomic mass is 9.98. The summed E-state index contributed by atoms with van der Waals surface area (Å²) in [7, 11) is 0. The van der Waals surface area contributed by atoms with Gasteiger partial charge in [0.05, 0.1) is 29.1 Å². The van der Waals surface area contributed by atoms with Gasteiger partial charge in [0, 0.05) is 54.3 Å². The summed E-state index contributed by atoms with van der Waals surface area (Å²) in [4.78, 5) is 5.03. The quantitative estimate of drug-likeness (QED) is 0.184. The van der Waals surface area contributed by atoms with Gasteiger partial charge in [0.2, 0.25) is 0 Å². The fourth-order valence-electron chi connectivity index (χ4n) is 5.89. The van der Waals surface area contributed by atoms with Gasteiger partial charge in [0.25, 0.3) is 0 Å². The minimum absolute atomic E-state index is 0.166. The summed E-state index contributed by atoms with van der Waals surface area (Å²) in [5.41, 5.74) is 3.23. The Balaban J connectivity index is 1.45. The number of para-hydroxylation sites is 1. The lowest BCUT2D eigenvalue weighted by Gasteiger charge is -2.28. The van der Waals surface area contributed by atoms with Gasteiger partial charge < -0.3 is 9.72 Å². The summed E-state index contributed by atoms with van der Waals surface area (Å²) < 4.78 is 89.8. The third-order valence-corrected chi connectivity index (χ3v) is 8.06. The van der Waals surface area contributed by atoms with E-state index >= 15 is 0 Å². The highest BCUT2D eigenvalue weighted by Crippen LogP contribution is 2.40. The van der Waals surface area contributed by atoms with Gasteiger partial charge in [0.15, 0.2) is 0 Å². The van der Waals surface area contributed by atoms with Crippen LogP contribution in [0.15, 0.2) is 66.9 Å². The third kappa shape index (κ3) is 6.18. The number of rotatable bonds is 7. The minimum Gasteiger partial charge on any atom is -0.491 e. The molecule has 0 amide bonds. The molecule has 45 heavy (non-hydrogen) atoms. The van der Waals surface area contributed by atoms with Crippen molar-refractivity contribution in [2.24, 2.45) is 5.92 Å². The molecule has 0 radical (unpaired) electrons. The molecule has 1 aliphatic rings. The zero-order chi connectivity index (χ0) is 32.1. The largest absolute Gasteiger partial charge is 0.491 e. The van der Waals surface area contributed by atoms with Gasteiger partial charge in [-0.1, -0.05) is 38.1 Å². The molecule has 1 N–H and O–H groups in total. The van der Waals surface area contributed by atoms with E-state index in [1.165, 1.54) is 0 Å². The molecule has 0 spiro atoms. The minimum atomic E-state index is -4.93. The highest BCUT2D eigenvalue weighted by molar-refractivity contribution is 5.85. The highest BCUT2D eigenvalue weighted by atomic mass is 19.4. The number of nitrogens with zero attached hydrogens (tertiary/aromatic N) is 3. The van der Waals surface area contributed by atoms with Crippen LogP contribution in [-0.2, 0) is 31.9 Å². The molecular weight excluding hydrogens is 594 g/mol. The maximum atomic E-state index is 14.0. The molecule has 0 saturated heterocycles. The Morgan fingerprint density at radius 1 is 0.956 bits per heavy atom. The number of alkyl halides is 6. The average molecular weight is 627 g/mol. The van der Waals surface area contributed by atoms with E-state index in [9.17, 15) is 26.3 Å². The predicted octanol–water partition coefficient (Wildman–Crippen LogP) is 8.96. The second kappa shape index (κ2) is 11.6. The van der Waals surface area contributed by atoms with Crippen molar-refractivity contribution in [1.82, 2.24) is 19.7 Å². The zero-order valence-corrected chi connectivity index (χ0v) is 25.0. The van der Waals surface area contributed by atoms with Crippen molar-refractivity contribution < 1.29 is 31.1 Å². The molecule has 2 aromatic heterocycles. The summed E-state index contributed by atoms with van der Waals surface area (Å²) in [5, 5.41) is 6.04. The van der Waals surface area contributed by atoms with E-state index in [4.69, 9.17) is 9.84 Å². The van der Waals surface area contributed by atoms with Gasteiger partial charge >= 0.3 is 12.4 Å². The predicted molar refractivity (Wildman–Crippen MR) is 160 cm³/mol. The van der Waals surface area contributed by atoms with Gasteiger partial charge in [0.1, 0.15) is 11.4 Å². The number of aromatic amines is 1. The fourth-order valence-corrected chi connectivity index (χ4v) is 5.89. The number of aryl methyl sites for hydroxylation is 1. The molecule has 0 aliphatic carbocycles. The van der Waals surface area contributed by atoms with Crippen LogP contribution in [0.1, 0.15) is 47.4 Å². The van der Waals surface area contributed by atoms with Crippen LogP contribution in [0.5, 0.6) is 5.75 Å². The highest BCUT2D eigenvalue weighted by Gasteiger charge is 2.39. The monoisotopic (exact) mass is 626 g/mol. The molecule has 3 heterocycles. The maximum Gasteiger partial charge on any atom is 0.416 e. The van der Waals surface area contributed by atoms with Gasteiger partial charge in [-0.25, -0.2) is 4.68 Å². The number of H-pyrrole nitrogens is 1. The van der Waals surface area contributed by atoms with Crippen molar-refractivity contribution in [2.75, 3.05) is 13.2 Å². The van der Waals surface area contributed by atoms with E-state index in [-0.39, 0.29) is 24.7 Å². The van der Waals surface area contributed by atoms with Crippen LogP contribution < -0.4 is 4.74 Å². The first kappa shape index (κ1) is 30.8. The van der Waals surface area contributed by atoms with Crippen molar-refractivity contribution in [3.63, 3.8) is 0 Å². The van der Waals surface area contributed by atoms with Crippen LogP contribution in [0.3, 0.4) is 0 Å². The lowest BCUT2D eigenvalue weighted by Crippen LogP contribution is -2.31. The Morgan fingerprint density at radius 3 is 2.49 bits per heavy atom. The summed E-state index contributed by atoms with van der Waals surface area (Å²) in [6.07, 6.45) is -7.51. The van der Waals surface area contributed by atoms with E-state index in [0.717, 1.165) is 50.7 Å². The smallest absolute Gasteiger partial charge is 0.416 e. The van der Waals surface area contributed by atoms with Crippen molar-refractivity contribution >= 4 is 10.9 Å². The Hall–Kier alpha value is -4.25. The molecule has 0 atom stereocenters. The molecule has 3 aromatic carbocycles. The van der Waals surface area contributed by atoms with Crippen LogP contribution in [0.2, 0.25) is 0 Å².